The Hall–Kier alpha value is -1.69. The zero-order chi connectivity index (χ0) is 12.6. The van der Waals surface area contributed by atoms with Crippen molar-refractivity contribution in [2.45, 2.75) is 25.7 Å². The molecule has 2 rings (SSSR count). The Morgan fingerprint density at radius 2 is 1.71 bits per heavy atom. The molecule has 6 heteroatoms. The lowest BCUT2D eigenvalue weighted by molar-refractivity contribution is 0.579. The van der Waals surface area contributed by atoms with Crippen molar-refractivity contribution < 1.29 is 8.42 Å². The standard InChI is InChI=1S/C11H13N3O2S/c1-8-4-10(3)11(5-9(8)2)17(15,16)14-7-12-6-13-14/h4-7H,1-3H3. The lowest BCUT2D eigenvalue weighted by atomic mass is 10.1. The van der Waals surface area contributed by atoms with Crippen LogP contribution in [0.3, 0.4) is 0 Å². The molecule has 0 N–H and O–H groups in total. The van der Waals surface area contributed by atoms with Gasteiger partial charge in [-0.1, -0.05) is 6.07 Å². The Kier molecular flexibility index (Phi) is 2.74. The summed E-state index contributed by atoms with van der Waals surface area (Å²) in [6.45, 7) is 5.61. The number of aromatic nitrogens is 3. The summed E-state index contributed by atoms with van der Waals surface area (Å²) in [6.07, 6.45) is 2.39. The van der Waals surface area contributed by atoms with E-state index >= 15 is 0 Å². The van der Waals surface area contributed by atoms with Crippen molar-refractivity contribution >= 4 is 10.0 Å². The van der Waals surface area contributed by atoms with Gasteiger partial charge in [0, 0.05) is 0 Å². The summed E-state index contributed by atoms with van der Waals surface area (Å²) < 4.78 is 25.4. The van der Waals surface area contributed by atoms with E-state index < -0.39 is 10.0 Å². The minimum atomic E-state index is -3.62. The maximum absolute atomic E-state index is 12.2. The summed E-state index contributed by atoms with van der Waals surface area (Å²) in [4.78, 5) is 3.93. The number of hydrogen-bond acceptors (Lipinski definition) is 4. The van der Waals surface area contributed by atoms with Crippen molar-refractivity contribution in [2.75, 3.05) is 0 Å². The maximum Gasteiger partial charge on any atom is 0.284 e. The average molecular weight is 251 g/mol. The van der Waals surface area contributed by atoms with Gasteiger partial charge in [-0.25, -0.2) is 4.98 Å². The second-order valence-electron chi connectivity index (χ2n) is 3.98. The Bertz CT molecular complexity index is 646. The molecule has 0 saturated carbocycles. The van der Waals surface area contributed by atoms with Crippen LogP contribution >= 0.6 is 0 Å². The molecule has 0 aliphatic rings. The van der Waals surface area contributed by atoms with Crippen molar-refractivity contribution in [3.05, 3.63) is 41.5 Å². The normalized spacial score (nSPS) is 11.7. The van der Waals surface area contributed by atoms with Crippen molar-refractivity contribution in [3.8, 4) is 0 Å². The van der Waals surface area contributed by atoms with Crippen LogP contribution in [0.25, 0.3) is 0 Å². The van der Waals surface area contributed by atoms with Gasteiger partial charge in [0.05, 0.1) is 4.90 Å². The molecule has 1 heterocycles. The Morgan fingerprint density at radius 1 is 1.06 bits per heavy atom. The quantitative estimate of drug-likeness (QED) is 0.810. The van der Waals surface area contributed by atoms with Crippen LogP contribution in [0, 0.1) is 20.8 Å². The molecule has 0 amide bonds. The molecule has 0 aliphatic heterocycles. The van der Waals surface area contributed by atoms with E-state index in [-0.39, 0.29) is 4.90 Å². The van der Waals surface area contributed by atoms with Gasteiger partial charge in [-0.15, -0.1) is 9.19 Å². The number of hydrogen-bond donors (Lipinski definition) is 0. The zero-order valence-corrected chi connectivity index (χ0v) is 10.7. The van der Waals surface area contributed by atoms with Crippen LogP contribution in [0.5, 0.6) is 0 Å². The molecule has 90 valence electrons. The molecule has 5 nitrogen and oxygen atoms in total. The highest BCUT2D eigenvalue weighted by atomic mass is 32.2. The molecular weight excluding hydrogens is 238 g/mol. The van der Waals surface area contributed by atoms with Gasteiger partial charge < -0.3 is 0 Å². The Labute approximate surface area is 100 Å². The second kappa shape index (κ2) is 3.96. The molecule has 0 bridgehead atoms. The minimum absolute atomic E-state index is 0.270. The maximum atomic E-state index is 12.2. The highest BCUT2D eigenvalue weighted by molar-refractivity contribution is 7.89. The number of benzene rings is 1. The van der Waals surface area contributed by atoms with Gasteiger partial charge in [0.2, 0.25) is 0 Å². The van der Waals surface area contributed by atoms with E-state index in [1.54, 1.807) is 13.0 Å². The predicted molar refractivity (Wildman–Crippen MR) is 63.3 cm³/mol. The smallest absolute Gasteiger partial charge is 0.222 e. The van der Waals surface area contributed by atoms with E-state index in [1.165, 1.54) is 12.7 Å². The third kappa shape index (κ3) is 1.95. The molecule has 1 aromatic heterocycles. The lowest BCUT2D eigenvalue weighted by Gasteiger charge is -2.10. The monoisotopic (exact) mass is 251 g/mol. The fraction of sp³-hybridized carbons (Fsp3) is 0.273. The summed E-state index contributed by atoms with van der Waals surface area (Å²) in [7, 11) is -3.62. The number of rotatable bonds is 2. The van der Waals surface area contributed by atoms with Crippen LogP contribution in [0.4, 0.5) is 0 Å². The van der Waals surface area contributed by atoms with Gasteiger partial charge in [0.1, 0.15) is 12.7 Å². The van der Waals surface area contributed by atoms with Crippen LogP contribution in [-0.4, -0.2) is 22.6 Å². The van der Waals surface area contributed by atoms with E-state index in [0.717, 1.165) is 15.2 Å². The van der Waals surface area contributed by atoms with Gasteiger partial charge in [-0.2, -0.15) is 8.42 Å². The molecule has 0 atom stereocenters. The van der Waals surface area contributed by atoms with E-state index in [9.17, 15) is 8.42 Å². The van der Waals surface area contributed by atoms with E-state index in [1.807, 2.05) is 19.9 Å². The summed E-state index contributed by atoms with van der Waals surface area (Å²) in [5.74, 6) is 0. The fourth-order valence-corrected chi connectivity index (χ4v) is 2.97. The molecule has 0 fully saturated rings. The molecule has 0 unspecified atom stereocenters. The van der Waals surface area contributed by atoms with Crippen molar-refractivity contribution in [1.82, 2.24) is 14.2 Å². The van der Waals surface area contributed by atoms with Gasteiger partial charge in [-0.3, -0.25) is 0 Å². The zero-order valence-electron chi connectivity index (χ0n) is 9.88. The van der Waals surface area contributed by atoms with Gasteiger partial charge in [-0.05, 0) is 43.5 Å². The highest BCUT2D eigenvalue weighted by Crippen LogP contribution is 2.21. The highest BCUT2D eigenvalue weighted by Gasteiger charge is 2.20. The minimum Gasteiger partial charge on any atom is -0.222 e. The van der Waals surface area contributed by atoms with Crippen LogP contribution in [-0.2, 0) is 10.0 Å². The van der Waals surface area contributed by atoms with Gasteiger partial charge in [0.15, 0.2) is 0 Å². The number of aryl methyl sites for hydroxylation is 3. The first kappa shape index (κ1) is 11.8. The molecule has 0 radical (unpaired) electrons. The fourth-order valence-electron chi connectivity index (χ4n) is 1.63. The van der Waals surface area contributed by atoms with Crippen LogP contribution < -0.4 is 0 Å². The van der Waals surface area contributed by atoms with Gasteiger partial charge >= 0.3 is 0 Å². The molecule has 0 aliphatic carbocycles. The SMILES string of the molecule is Cc1cc(C)c(S(=O)(=O)n2cncn2)cc1C. The van der Waals surface area contributed by atoms with Crippen LogP contribution in [0.15, 0.2) is 29.7 Å². The van der Waals surface area contributed by atoms with E-state index in [0.29, 0.717) is 5.56 Å². The lowest BCUT2D eigenvalue weighted by Crippen LogP contribution is -2.15. The Morgan fingerprint density at radius 3 is 2.29 bits per heavy atom. The summed E-state index contributed by atoms with van der Waals surface area (Å²) >= 11 is 0. The molecule has 17 heavy (non-hydrogen) atoms. The first-order chi connectivity index (χ1) is 7.93. The largest absolute Gasteiger partial charge is 0.284 e. The molecule has 0 saturated heterocycles. The van der Waals surface area contributed by atoms with Crippen LogP contribution in [0.1, 0.15) is 16.7 Å². The first-order valence-corrected chi connectivity index (χ1v) is 6.55. The molecule has 1 aromatic carbocycles. The van der Waals surface area contributed by atoms with Crippen molar-refractivity contribution in [3.63, 3.8) is 0 Å². The molecular formula is C11H13N3O2S. The topological polar surface area (TPSA) is 64.8 Å². The first-order valence-electron chi connectivity index (χ1n) is 5.11. The Balaban J connectivity index is 2.67. The average Bonchev–Trinajstić information content (AvgIpc) is 2.77. The van der Waals surface area contributed by atoms with Crippen molar-refractivity contribution in [2.24, 2.45) is 0 Å². The molecule has 0 spiro atoms. The summed E-state index contributed by atoms with van der Waals surface area (Å²) in [5, 5.41) is 3.68. The van der Waals surface area contributed by atoms with Crippen LogP contribution in [0.2, 0.25) is 0 Å². The van der Waals surface area contributed by atoms with Crippen molar-refractivity contribution in [1.29, 1.82) is 0 Å². The van der Waals surface area contributed by atoms with E-state index in [2.05, 4.69) is 10.1 Å². The van der Waals surface area contributed by atoms with Gasteiger partial charge in [0.25, 0.3) is 10.0 Å². The predicted octanol–water partition coefficient (Wildman–Crippen LogP) is 1.44. The summed E-state index contributed by atoms with van der Waals surface area (Å²) in [6, 6.07) is 3.53. The number of nitrogens with zero attached hydrogens (tertiary/aromatic N) is 3. The second-order valence-corrected chi connectivity index (χ2v) is 5.74. The third-order valence-electron chi connectivity index (χ3n) is 2.71. The summed E-state index contributed by atoms with van der Waals surface area (Å²) in [5.41, 5.74) is 2.72. The van der Waals surface area contributed by atoms with E-state index in [4.69, 9.17) is 0 Å². The third-order valence-corrected chi connectivity index (χ3v) is 4.39. The molecule has 2 aromatic rings.